The predicted molar refractivity (Wildman–Crippen MR) is 176 cm³/mol. The molecule has 4 rings (SSSR count). The average molecular weight is 639 g/mol. The molecule has 4 N–H and O–H groups in total. The number of carboxylic acid groups (broad SMARTS) is 1. The van der Waals surface area contributed by atoms with Gasteiger partial charge in [0.2, 0.25) is 23.6 Å². The summed E-state index contributed by atoms with van der Waals surface area (Å²) >= 11 is 0. The third kappa shape index (κ3) is 8.88. The molecule has 1 aromatic rings. The number of hydrogen-bond donors (Lipinski definition) is 4. The van der Waals surface area contributed by atoms with Crippen LogP contribution in [0.3, 0.4) is 0 Å². The molecule has 2 saturated carbocycles. The topological polar surface area (TPSA) is 145 Å². The van der Waals surface area contributed by atoms with Crippen molar-refractivity contribution in [2.45, 2.75) is 134 Å². The quantitative estimate of drug-likeness (QED) is 0.254. The molecular formula is C36H54N4O6. The Balaban J connectivity index is 1.60. The number of nitrogens with zero attached hydrogens (tertiary/aromatic N) is 1. The second kappa shape index (κ2) is 16.4. The monoisotopic (exact) mass is 638 g/mol. The third-order valence-corrected chi connectivity index (χ3v) is 10.4. The van der Waals surface area contributed by atoms with Gasteiger partial charge in [-0.2, -0.15) is 0 Å². The number of likely N-dealkylation sites (N-methyl/N-ethyl adjacent to an activating group) is 1. The molecule has 0 aromatic heterocycles. The van der Waals surface area contributed by atoms with Crippen LogP contribution >= 0.6 is 0 Å². The van der Waals surface area contributed by atoms with Gasteiger partial charge in [0.05, 0.1) is 0 Å². The first-order valence-electron chi connectivity index (χ1n) is 17.4. The number of carboxylic acids is 1. The predicted octanol–water partition coefficient (Wildman–Crippen LogP) is 4.31. The van der Waals surface area contributed by atoms with Gasteiger partial charge in [-0.05, 0) is 73.8 Å². The lowest BCUT2D eigenvalue weighted by Crippen LogP contribution is -2.61. The Morgan fingerprint density at radius 1 is 0.783 bits per heavy atom. The van der Waals surface area contributed by atoms with Crippen LogP contribution in [0.1, 0.15) is 115 Å². The van der Waals surface area contributed by atoms with Crippen LogP contribution in [0.5, 0.6) is 0 Å². The molecule has 5 atom stereocenters. The fraction of sp³-hybridized carbons (Fsp3) is 0.694. The molecule has 46 heavy (non-hydrogen) atoms. The zero-order valence-electron chi connectivity index (χ0n) is 28.1. The molecule has 3 aliphatic rings. The lowest BCUT2D eigenvalue weighted by molar-refractivity contribution is -0.152. The van der Waals surface area contributed by atoms with Crippen LogP contribution < -0.4 is 16.0 Å². The minimum atomic E-state index is -1.07. The summed E-state index contributed by atoms with van der Waals surface area (Å²) in [5.74, 6) is -2.98. The zero-order valence-corrected chi connectivity index (χ0v) is 28.1. The van der Waals surface area contributed by atoms with Crippen molar-refractivity contribution in [2.24, 2.45) is 17.8 Å². The maximum Gasteiger partial charge on any atom is 0.326 e. The third-order valence-electron chi connectivity index (χ3n) is 10.4. The van der Waals surface area contributed by atoms with Crippen LogP contribution in [0.25, 0.3) is 0 Å². The van der Waals surface area contributed by atoms with E-state index in [9.17, 15) is 29.1 Å². The first-order chi connectivity index (χ1) is 22.0. The Kier molecular flexibility index (Phi) is 12.6. The molecule has 1 aromatic carbocycles. The number of aryl methyl sites for hydroxylation is 1. The van der Waals surface area contributed by atoms with Gasteiger partial charge in [0, 0.05) is 19.9 Å². The van der Waals surface area contributed by atoms with Crippen LogP contribution in [0, 0.1) is 17.8 Å². The number of hydrogen-bond acceptors (Lipinski definition) is 5. The van der Waals surface area contributed by atoms with E-state index in [-0.39, 0.29) is 29.6 Å². The number of carbonyl (C=O) groups is 5. The normalized spacial score (nSPS) is 21.4. The summed E-state index contributed by atoms with van der Waals surface area (Å²) in [6.45, 7) is 5.24. The molecule has 0 aliphatic heterocycles. The van der Waals surface area contributed by atoms with Crippen LogP contribution in [0.2, 0.25) is 0 Å². The maximum atomic E-state index is 14.3. The van der Waals surface area contributed by atoms with E-state index in [1.54, 1.807) is 0 Å². The summed E-state index contributed by atoms with van der Waals surface area (Å²) in [6.07, 6.45) is 10.8. The number of benzene rings is 1. The highest BCUT2D eigenvalue weighted by molar-refractivity contribution is 5.95. The summed E-state index contributed by atoms with van der Waals surface area (Å²) in [7, 11) is 1.52. The van der Waals surface area contributed by atoms with Gasteiger partial charge in [-0.3, -0.25) is 19.2 Å². The van der Waals surface area contributed by atoms with Crippen molar-refractivity contribution in [1.29, 1.82) is 0 Å². The van der Waals surface area contributed by atoms with Crippen molar-refractivity contribution >= 4 is 29.6 Å². The minimum absolute atomic E-state index is 0.0633. The molecule has 0 spiro atoms. The van der Waals surface area contributed by atoms with Crippen molar-refractivity contribution in [1.82, 2.24) is 20.9 Å². The van der Waals surface area contributed by atoms with Gasteiger partial charge in [-0.1, -0.05) is 76.6 Å². The molecule has 0 radical (unpaired) electrons. The Labute approximate surface area is 273 Å². The standard InChI is InChI=1S/C36H54N4O6/c1-22(2)21-29(36(45)46)40(4)35(44)31(26-16-9-6-10-17-26)39-33(42)30(25-14-7-5-8-15-25)38-34(43)32(37-23(3)41)28-20-19-24-13-11-12-18-27(24)28/h11-13,18,22,25-26,28-32H,5-10,14-17,19-21H2,1-4H3,(H,37,41)(H,38,43)(H,39,42)(H,45,46)/t28?,29-,30-,31-,32-/m1/s1. The molecule has 4 amide bonds. The first kappa shape index (κ1) is 35.4. The van der Waals surface area contributed by atoms with E-state index in [1.165, 1.54) is 18.9 Å². The summed E-state index contributed by atoms with van der Waals surface area (Å²) < 4.78 is 0. The van der Waals surface area contributed by atoms with E-state index in [0.29, 0.717) is 12.8 Å². The van der Waals surface area contributed by atoms with Gasteiger partial charge in [0.1, 0.15) is 24.2 Å². The van der Waals surface area contributed by atoms with E-state index in [4.69, 9.17) is 0 Å². The largest absolute Gasteiger partial charge is 0.480 e. The summed E-state index contributed by atoms with van der Waals surface area (Å²) in [6, 6.07) is 4.35. The van der Waals surface area contributed by atoms with Gasteiger partial charge in [-0.25, -0.2) is 4.79 Å². The first-order valence-corrected chi connectivity index (χ1v) is 17.4. The molecule has 0 heterocycles. The average Bonchev–Trinajstić information content (AvgIpc) is 3.47. The van der Waals surface area contributed by atoms with Crippen LogP contribution in [-0.4, -0.2) is 70.8 Å². The highest BCUT2D eigenvalue weighted by atomic mass is 16.4. The lowest BCUT2D eigenvalue weighted by atomic mass is 9.81. The Morgan fingerprint density at radius 3 is 1.89 bits per heavy atom. The molecule has 10 heteroatoms. The van der Waals surface area contributed by atoms with E-state index < -0.39 is 47.9 Å². The van der Waals surface area contributed by atoms with Gasteiger partial charge in [-0.15, -0.1) is 0 Å². The van der Waals surface area contributed by atoms with Crippen molar-refractivity contribution in [3.63, 3.8) is 0 Å². The van der Waals surface area contributed by atoms with Gasteiger partial charge in [0.15, 0.2) is 0 Å². The number of nitrogens with one attached hydrogen (secondary N) is 3. The van der Waals surface area contributed by atoms with E-state index in [2.05, 4.69) is 16.0 Å². The summed E-state index contributed by atoms with van der Waals surface area (Å²) in [5, 5.41) is 19.0. The lowest BCUT2D eigenvalue weighted by Gasteiger charge is -2.37. The Bertz CT molecular complexity index is 1240. The molecule has 1 unspecified atom stereocenters. The molecular weight excluding hydrogens is 584 g/mol. The van der Waals surface area contributed by atoms with Crippen LogP contribution in [0.15, 0.2) is 24.3 Å². The number of fused-ring (bicyclic) bond motifs is 1. The highest BCUT2D eigenvalue weighted by Gasteiger charge is 2.42. The Morgan fingerprint density at radius 2 is 1.33 bits per heavy atom. The fourth-order valence-corrected chi connectivity index (χ4v) is 7.95. The molecule has 254 valence electrons. The SMILES string of the molecule is CC(=O)N[C@@H](C(=O)N[C@@H](C(=O)N[C@@H](C(=O)N(C)[C@H](CC(C)C)C(=O)O)C1CCCCC1)C1CCCCC1)C1CCc2ccccc21. The maximum absolute atomic E-state index is 14.3. The number of amides is 4. The van der Waals surface area contributed by atoms with Gasteiger partial charge >= 0.3 is 5.97 Å². The number of aliphatic carboxylic acids is 1. The van der Waals surface area contributed by atoms with Crippen LogP contribution in [0.4, 0.5) is 0 Å². The zero-order chi connectivity index (χ0) is 33.4. The number of carbonyl (C=O) groups excluding carboxylic acids is 4. The molecule has 2 fully saturated rings. The van der Waals surface area contributed by atoms with Crippen molar-refractivity contribution in [3.05, 3.63) is 35.4 Å². The summed E-state index contributed by atoms with van der Waals surface area (Å²) in [4.78, 5) is 68.3. The molecule has 0 saturated heterocycles. The van der Waals surface area contributed by atoms with E-state index >= 15 is 0 Å². The number of rotatable bonds is 13. The molecule has 0 bridgehead atoms. The van der Waals surface area contributed by atoms with Gasteiger partial charge in [0.25, 0.3) is 0 Å². The van der Waals surface area contributed by atoms with Crippen molar-refractivity contribution < 1.29 is 29.1 Å². The Hall–Kier alpha value is -3.43. The van der Waals surface area contributed by atoms with E-state index in [1.807, 2.05) is 38.1 Å². The second-order valence-electron chi connectivity index (χ2n) is 14.2. The highest BCUT2D eigenvalue weighted by Crippen LogP contribution is 2.36. The fourth-order valence-electron chi connectivity index (χ4n) is 7.95. The minimum Gasteiger partial charge on any atom is -0.480 e. The summed E-state index contributed by atoms with van der Waals surface area (Å²) in [5.41, 5.74) is 2.20. The smallest absolute Gasteiger partial charge is 0.326 e. The molecule has 3 aliphatic carbocycles. The van der Waals surface area contributed by atoms with Crippen molar-refractivity contribution in [2.75, 3.05) is 7.05 Å². The van der Waals surface area contributed by atoms with Crippen molar-refractivity contribution in [3.8, 4) is 0 Å². The van der Waals surface area contributed by atoms with E-state index in [0.717, 1.165) is 81.8 Å². The van der Waals surface area contributed by atoms with Gasteiger partial charge < -0.3 is 26.0 Å². The second-order valence-corrected chi connectivity index (χ2v) is 14.2. The van der Waals surface area contributed by atoms with Crippen LogP contribution in [-0.2, 0) is 30.4 Å². The molecule has 10 nitrogen and oxygen atoms in total.